The van der Waals surface area contributed by atoms with Crippen molar-refractivity contribution in [2.75, 3.05) is 6.54 Å². The van der Waals surface area contributed by atoms with E-state index >= 15 is 0 Å². The van der Waals surface area contributed by atoms with Crippen molar-refractivity contribution < 1.29 is 5.11 Å². The maximum Gasteiger partial charge on any atom is 0.0914 e. The van der Waals surface area contributed by atoms with Gasteiger partial charge in [0.25, 0.3) is 0 Å². The highest BCUT2D eigenvalue weighted by Crippen LogP contribution is 2.19. The summed E-state index contributed by atoms with van der Waals surface area (Å²) in [6, 6.07) is 12.3. The summed E-state index contributed by atoms with van der Waals surface area (Å²) in [4.78, 5) is 4.11. The summed E-state index contributed by atoms with van der Waals surface area (Å²) < 4.78 is 0. The van der Waals surface area contributed by atoms with Gasteiger partial charge in [0.05, 0.1) is 6.10 Å². The summed E-state index contributed by atoms with van der Waals surface area (Å²) in [5.74, 6) is 0.514. The number of pyridine rings is 1. The molecule has 112 valence electrons. The number of aliphatic hydroxyl groups is 1. The first-order chi connectivity index (χ1) is 10.1. The second-order valence-corrected chi connectivity index (χ2v) is 5.75. The van der Waals surface area contributed by atoms with E-state index in [4.69, 9.17) is 0 Å². The van der Waals surface area contributed by atoms with Crippen molar-refractivity contribution in [1.29, 1.82) is 0 Å². The predicted molar refractivity (Wildman–Crippen MR) is 86.1 cm³/mol. The number of benzene rings is 1. The van der Waals surface area contributed by atoms with Crippen LogP contribution >= 0.6 is 0 Å². The Morgan fingerprint density at radius 3 is 2.24 bits per heavy atom. The van der Waals surface area contributed by atoms with Gasteiger partial charge in [-0.2, -0.15) is 0 Å². The third-order valence-corrected chi connectivity index (χ3v) is 3.79. The van der Waals surface area contributed by atoms with E-state index < -0.39 is 6.10 Å². The maximum atomic E-state index is 10.3. The second kappa shape index (κ2) is 7.34. The molecule has 2 atom stereocenters. The Morgan fingerprint density at radius 2 is 1.67 bits per heavy atom. The van der Waals surface area contributed by atoms with Crippen LogP contribution in [0.2, 0.25) is 0 Å². The molecule has 0 saturated carbocycles. The Kier molecular flexibility index (Phi) is 5.48. The smallest absolute Gasteiger partial charge is 0.0914 e. The summed E-state index contributed by atoms with van der Waals surface area (Å²) in [5.41, 5.74) is 3.37. The van der Waals surface area contributed by atoms with Crippen LogP contribution in [0.25, 0.3) is 0 Å². The number of nitrogens with zero attached hydrogens (tertiary/aromatic N) is 1. The van der Waals surface area contributed by atoms with Crippen molar-refractivity contribution in [3.05, 3.63) is 65.5 Å². The van der Waals surface area contributed by atoms with Crippen LogP contribution in [0.15, 0.2) is 48.8 Å². The molecule has 0 bridgehead atoms. The largest absolute Gasteiger partial charge is 0.387 e. The van der Waals surface area contributed by atoms with Crippen LogP contribution in [0, 0.1) is 0 Å². The third kappa shape index (κ3) is 4.38. The van der Waals surface area contributed by atoms with Gasteiger partial charge in [-0.15, -0.1) is 0 Å². The highest BCUT2D eigenvalue weighted by atomic mass is 16.3. The van der Waals surface area contributed by atoms with E-state index in [1.807, 2.05) is 30.5 Å². The molecule has 1 unspecified atom stereocenters. The average molecular weight is 284 g/mol. The van der Waals surface area contributed by atoms with E-state index in [1.54, 1.807) is 6.20 Å². The Labute approximate surface area is 127 Å². The van der Waals surface area contributed by atoms with Crippen LogP contribution in [0.4, 0.5) is 0 Å². The standard InChI is InChI=1S/C18H24N2O/c1-13(2)15-6-8-16(9-7-15)18(21)12-20-14(3)17-5-4-10-19-11-17/h4-11,13-14,18,20-21H,12H2,1-3H3/t14-,18?/m1/s1. The Morgan fingerprint density at radius 1 is 1.00 bits per heavy atom. The molecule has 3 nitrogen and oxygen atoms in total. The van der Waals surface area contributed by atoms with Crippen molar-refractivity contribution >= 4 is 0 Å². The van der Waals surface area contributed by atoms with Gasteiger partial charge in [0.1, 0.15) is 0 Å². The van der Waals surface area contributed by atoms with Crippen LogP contribution in [0.5, 0.6) is 0 Å². The van der Waals surface area contributed by atoms with Gasteiger partial charge in [0.2, 0.25) is 0 Å². The maximum absolute atomic E-state index is 10.3. The van der Waals surface area contributed by atoms with Gasteiger partial charge in [-0.3, -0.25) is 4.98 Å². The summed E-state index contributed by atoms with van der Waals surface area (Å²) >= 11 is 0. The number of nitrogens with one attached hydrogen (secondary N) is 1. The van der Waals surface area contributed by atoms with Gasteiger partial charge in [0, 0.05) is 25.0 Å². The first kappa shape index (κ1) is 15.7. The third-order valence-electron chi connectivity index (χ3n) is 3.79. The van der Waals surface area contributed by atoms with Gasteiger partial charge in [-0.05, 0) is 35.6 Å². The molecule has 0 spiro atoms. The fourth-order valence-corrected chi connectivity index (χ4v) is 2.26. The van der Waals surface area contributed by atoms with Gasteiger partial charge < -0.3 is 10.4 Å². The second-order valence-electron chi connectivity index (χ2n) is 5.75. The number of aliphatic hydroxyl groups excluding tert-OH is 1. The fraction of sp³-hybridized carbons (Fsp3) is 0.389. The van der Waals surface area contributed by atoms with Crippen LogP contribution in [-0.4, -0.2) is 16.6 Å². The molecule has 1 heterocycles. The lowest BCUT2D eigenvalue weighted by Gasteiger charge is -2.18. The van der Waals surface area contributed by atoms with Crippen LogP contribution < -0.4 is 5.32 Å². The summed E-state index contributed by atoms with van der Waals surface area (Å²) in [6.07, 6.45) is 3.12. The van der Waals surface area contributed by atoms with E-state index in [0.29, 0.717) is 12.5 Å². The van der Waals surface area contributed by atoms with Crippen molar-refractivity contribution in [2.45, 2.75) is 38.8 Å². The molecule has 0 aliphatic rings. The lowest BCUT2D eigenvalue weighted by Crippen LogP contribution is -2.24. The zero-order valence-corrected chi connectivity index (χ0v) is 13.0. The Bertz CT molecular complexity index is 537. The zero-order chi connectivity index (χ0) is 15.2. The quantitative estimate of drug-likeness (QED) is 0.852. The number of aromatic nitrogens is 1. The Hall–Kier alpha value is -1.71. The van der Waals surface area contributed by atoms with Crippen LogP contribution in [-0.2, 0) is 0 Å². The average Bonchev–Trinajstić information content (AvgIpc) is 2.53. The van der Waals surface area contributed by atoms with Crippen molar-refractivity contribution in [2.24, 2.45) is 0 Å². The normalized spacial score (nSPS) is 14.1. The monoisotopic (exact) mass is 284 g/mol. The number of hydrogen-bond acceptors (Lipinski definition) is 3. The zero-order valence-electron chi connectivity index (χ0n) is 13.0. The topological polar surface area (TPSA) is 45.1 Å². The molecule has 2 rings (SSSR count). The molecule has 0 amide bonds. The van der Waals surface area contributed by atoms with Crippen molar-refractivity contribution in [3.63, 3.8) is 0 Å². The minimum atomic E-state index is -0.495. The first-order valence-corrected chi connectivity index (χ1v) is 7.49. The molecule has 0 fully saturated rings. The van der Waals surface area contributed by atoms with E-state index in [1.165, 1.54) is 5.56 Å². The lowest BCUT2D eigenvalue weighted by atomic mass is 10.00. The molecule has 0 aliphatic heterocycles. The molecular weight excluding hydrogens is 260 g/mol. The first-order valence-electron chi connectivity index (χ1n) is 7.49. The molecule has 1 aromatic carbocycles. The molecule has 2 aromatic rings. The van der Waals surface area contributed by atoms with Crippen molar-refractivity contribution in [1.82, 2.24) is 10.3 Å². The molecule has 2 N–H and O–H groups in total. The van der Waals surface area contributed by atoms with Crippen LogP contribution in [0.1, 0.15) is 55.5 Å². The minimum Gasteiger partial charge on any atom is -0.387 e. The van der Waals surface area contributed by atoms with E-state index in [9.17, 15) is 5.11 Å². The van der Waals surface area contributed by atoms with Crippen LogP contribution in [0.3, 0.4) is 0 Å². The van der Waals surface area contributed by atoms with E-state index in [2.05, 4.69) is 43.2 Å². The highest BCUT2D eigenvalue weighted by molar-refractivity contribution is 5.26. The molecule has 1 aromatic heterocycles. The Balaban J connectivity index is 1.91. The molecule has 0 aliphatic carbocycles. The summed E-state index contributed by atoms with van der Waals surface area (Å²) in [6.45, 7) is 6.94. The molecule has 3 heteroatoms. The number of rotatable bonds is 6. The van der Waals surface area contributed by atoms with E-state index in [0.717, 1.165) is 11.1 Å². The fourth-order valence-electron chi connectivity index (χ4n) is 2.26. The SMILES string of the molecule is CC(C)c1ccc(C(O)CN[C@H](C)c2cccnc2)cc1. The van der Waals surface area contributed by atoms with E-state index in [-0.39, 0.29) is 6.04 Å². The van der Waals surface area contributed by atoms with Crippen molar-refractivity contribution in [3.8, 4) is 0 Å². The van der Waals surface area contributed by atoms with Gasteiger partial charge in [-0.25, -0.2) is 0 Å². The van der Waals surface area contributed by atoms with Gasteiger partial charge in [0.15, 0.2) is 0 Å². The highest BCUT2D eigenvalue weighted by Gasteiger charge is 2.11. The summed E-state index contributed by atoms with van der Waals surface area (Å²) in [7, 11) is 0. The minimum absolute atomic E-state index is 0.170. The molecular formula is C18H24N2O. The number of hydrogen-bond donors (Lipinski definition) is 2. The summed E-state index contributed by atoms with van der Waals surface area (Å²) in [5, 5.41) is 13.6. The van der Waals surface area contributed by atoms with Gasteiger partial charge >= 0.3 is 0 Å². The van der Waals surface area contributed by atoms with Gasteiger partial charge in [-0.1, -0.05) is 44.2 Å². The molecule has 21 heavy (non-hydrogen) atoms. The molecule has 0 radical (unpaired) electrons. The predicted octanol–water partition coefficient (Wildman–Crippen LogP) is 3.59. The molecule has 0 saturated heterocycles. The lowest BCUT2D eigenvalue weighted by molar-refractivity contribution is 0.170.